The zero-order valence-electron chi connectivity index (χ0n) is 7.55. The first-order chi connectivity index (χ1) is 5.68. The summed E-state index contributed by atoms with van der Waals surface area (Å²) in [5.74, 6) is 0.155. The van der Waals surface area contributed by atoms with Crippen LogP contribution in [0.5, 0.6) is 0 Å². The molecule has 0 bridgehead atoms. The SMILES string of the molecule is CC(N)CN1CCNC(=O)CC1. The minimum Gasteiger partial charge on any atom is -0.355 e. The quantitative estimate of drug-likeness (QED) is 0.569. The van der Waals surface area contributed by atoms with Crippen LogP contribution in [0.1, 0.15) is 13.3 Å². The molecular weight excluding hydrogens is 154 g/mol. The molecule has 0 aromatic heterocycles. The first kappa shape index (κ1) is 9.48. The minimum atomic E-state index is 0.155. The van der Waals surface area contributed by atoms with E-state index in [1.807, 2.05) is 6.92 Å². The lowest BCUT2D eigenvalue weighted by atomic mass is 10.3. The van der Waals surface area contributed by atoms with Gasteiger partial charge in [0.15, 0.2) is 0 Å². The van der Waals surface area contributed by atoms with E-state index >= 15 is 0 Å². The number of hydrogen-bond donors (Lipinski definition) is 2. The number of nitrogens with zero attached hydrogens (tertiary/aromatic N) is 1. The molecule has 4 heteroatoms. The van der Waals surface area contributed by atoms with Crippen LogP contribution in [-0.4, -0.2) is 43.0 Å². The Labute approximate surface area is 73.1 Å². The molecule has 0 saturated carbocycles. The van der Waals surface area contributed by atoms with E-state index in [-0.39, 0.29) is 11.9 Å². The summed E-state index contributed by atoms with van der Waals surface area (Å²) >= 11 is 0. The van der Waals surface area contributed by atoms with E-state index in [0.29, 0.717) is 6.42 Å². The van der Waals surface area contributed by atoms with Gasteiger partial charge in [-0.15, -0.1) is 0 Å². The van der Waals surface area contributed by atoms with Crippen molar-refractivity contribution in [3.63, 3.8) is 0 Å². The fourth-order valence-electron chi connectivity index (χ4n) is 1.40. The van der Waals surface area contributed by atoms with Crippen molar-refractivity contribution < 1.29 is 4.79 Å². The monoisotopic (exact) mass is 171 g/mol. The van der Waals surface area contributed by atoms with Gasteiger partial charge in [-0.05, 0) is 6.92 Å². The van der Waals surface area contributed by atoms with Gasteiger partial charge in [-0.3, -0.25) is 9.69 Å². The fourth-order valence-corrected chi connectivity index (χ4v) is 1.40. The second-order valence-electron chi connectivity index (χ2n) is 3.38. The molecular formula is C8H17N3O. The molecule has 1 atom stereocenters. The molecule has 70 valence electrons. The molecule has 0 aromatic carbocycles. The Balaban J connectivity index is 2.30. The number of rotatable bonds is 2. The summed E-state index contributed by atoms with van der Waals surface area (Å²) in [5.41, 5.74) is 5.66. The highest BCUT2D eigenvalue weighted by Crippen LogP contribution is 1.96. The zero-order chi connectivity index (χ0) is 8.97. The predicted octanol–water partition coefficient (Wildman–Crippen LogP) is -0.844. The summed E-state index contributed by atoms with van der Waals surface area (Å²) in [7, 11) is 0. The van der Waals surface area contributed by atoms with Crippen LogP contribution < -0.4 is 11.1 Å². The van der Waals surface area contributed by atoms with Crippen LogP contribution in [0.15, 0.2) is 0 Å². The second kappa shape index (κ2) is 4.42. The number of carbonyl (C=O) groups excluding carboxylic acids is 1. The third-order valence-corrected chi connectivity index (χ3v) is 1.95. The molecule has 1 aliphatic heterocycles. The molecule has 0 aliphatic carbocycles. The van der Waals surface area contributed by atoms with Gasteiger partial charge in [0, 0.05) is 38.6 Å². The predicted molar refractivity (Wildman–Crippen MR) is 47.7 cm³/mol. The first-order valence-corrected chi connectivity index (χ1v) is 4.43. The van der Waals surface area contributed by atoms with Gasteiger partial charge in [-0.25, -0.2) is 0 Å². The van der Waals surface area contributed by atoms with E-state index in [1.54, 1.807) is 0 Å². The van der Waals surface area contributed by atoms with Gasteiger partial charge >= 0.3 is 0 Å². The Morgan fingerprint density at radius 2 is 2.42 bits per heavy atom. The maximum atomic E-state index is 10.9. The van der Waals surface area contributed by atoms with Crippen LogP contribution in [0, 0.1) is 0 Å². The van der Waals surface area contributed by atoms with E-state index in [9.17, 15) is 4.79 Å². The Bertz CT molecular complexity index is 158. The lowest BCUT2D eigenvalue weighted by Crippen LogP contribution is -2.37. The molecule has 0 radical (unpaired) electrons. The normalized spacial score (nSPS) is 23.0. The van der Waals surface area contributed by atoms with Gasteiger partial charge in [0.25, 0.3) is 0 Å². The maximum Gasteiger partial charge on any atom is 0.221 e. The smallest absolute Gasteiger partial charge is 0.221 e. The van der Waals surface area contributed by atoms with E-state index in [4.69, 9.17) is 5.73 Å². The topological polar surface area (TPSA) is 58.4 Å². The van der Waals surface area contributed by atoms with Gasteiger partial charge in [-0.1, -0.05) is 0 Å². The molecule has 1 unspecified atom stereocenters. The van der Waals surface area contributed by atoms with Crippen molar-refractivity contribution in [3.8, 4) is 0 Å². The fraction of sp³-hybridized carbons (Fsp3) is 0.875. The van der Waals surface area contributed by atoms with Crippen molar-refractivity contribution in [3.05, 3.63) is 0 Å². The number of nitrogens with one attached hydrogen (secondary N) is 1. The summed E-state index contributed by atoms with van der Waals surface area (Å²) < 4.78 is 0. The highest BCUT2D eigenvalue weighted by molar-refractivity contribution is 5.76. The summed E-state index contributed by atoms with van der Waals surface area (Å²) in [5, 5.41) is 2.83. The zero-order valence-corrected chi connectivity index (χ0v) is 7.55. The molecule has 3 N–H and O–H groups in total. The Kier molecular flexibility index (Phi) is 3.49. The molecule has 1 rings (SSSR count). The summed E-state index contributed by atoms with van der Waals surface area (Å²) in [6.45, 7) is 5.39. The second-order valence-corrected chi connectivity index (χ2v) is 3.38. The van der Waals surface area contributed by atoms with Crippen molar-refractivity contribution in [2.75, 3.05) is 26.2 Å². The summed E-state index contributed by atoms with van der Waals surface area (Å²) in [6, 6.07) is 0.193. The molecule has 4 nitrogen and oxygen atoms in total. The van der Waals surface area contributed by atoms with Crippen molar-refractivity contribution >= 4 is 5.91 Å². The van der Waals surface area contributed by atoms with Gasteiger partial charge in [-0.2, -0.15) is 0 Å². The number of hydrogen-bond acceptors (Lipinski definition) is 3. The third kappa shape index (κ3) is 3.19. The molecule has 12 heavy (non-hydrogen) atoms. The van der Waals surface area contributed by atoms with Gasteiger partial charge in [0.2, 0.25) is 5.91 Å². The molecule has 1 saturated heterocycles. The van der Waals surface area contributed by atoms with Crippen LogP contribution in [0.2, 0.25) is 0 Å². The van der Waals surface area contributed by atoms with E-state index in [2.05, 4.69) is 10.2 Å². The van der Waals surface area contributed by atoms with Crippen LogP contribution in [0.25, 0.3) is 0 Å². The number of amides is 1. The van der Waals surface area contributed by atoms with Crippen molar-refractivity contribution in [1.82, 2.24) is 10.2 Å². The Hall–Kier alpha value is -0.610. The number of nitrogens with two attached hydrogens (primary N) is 1. The Morgan fingerprint density at radius 3 is 3.08 bits per heavy atom. The van der Waals surface area contributed by atoms with Crippen molar-refractivity contribution in [1.29, 1.82) is 0 Å². The van der Waals surface area contributed by atoms with Crippen LogP contribution >= 0.6 is 0 Å². The average molecular weight is 171 g/mol. The standard InChI is InChI=1S/C8H17N3O/c1-7(9)6-11-4-2-8(12)10-3-5-11/h7H,2-6,9H2,1H3,(H,10,12). The third-order valence-electron chi connectivity index (χ3n) is 1.95. The van der Waals surface area contributed by atoms with Crippen LogP contribution in [-0.2, 0) is 4.79 Å². The van der Waals surface area contributed by atoms with E-state index < -0.39 is 0 Å². The highest BCUT2D eigenvalue weighted by atomic mass is 16.1. The summed E-state index contributed by atoms with van der Waals surface area (Å²) in [6.07, 6.45) is 0.604. The van der Waals surface area contributed by atoms with E-state index in [0.717, 1.165) is 26.2 Å². The molecule has 0 aromatic rings. The largest absolute Gasteiger partial charge is 0.355 e. The van der Waals surface area contributed by atoms with Gasteiger partial charge in [0.1, 0.15) is 0 Å². The first-order valence-electron chi connectivity index (χ1n) is 4.43. The van der Waals surface area contributed by atoms with Gasteiger partial charge in [0.05, 0.1) is 0 Å². The summed E-state index contributed by atoms with van der Waals surface area (Å²) in [4.78, 5) is 13.2. The van der Waals surface area contributed by atoms with Crippen molar-refractivity contribution in [2.24, 2.45) is 5.73 Å². The lowest BCUT2D eigenvalue weighted by Gasteiger charge is -2.20. The molecule has 1 heterocycles. The van der Waals surface area contributed by atoms with Crippen molar-refractivity contribution in [2.45, 2.75) is 19.4 Å². The average Bonchev–Trinajstić information content (AvgIpc) is 2.15. The Morgan fingerprint density at radius 1 is 1.67 bits per heavy atom. The van der Waals surface area contributed by atoms with E-state index in [1.165, 1.54) is 0 Å². The lowest BCUT2D eigenvalue weighted by molar-refractivity contribution is -0.120. The highest BCUT2D eigenvalue weighted by Gasteiger charge is 2.13. The molecule has 1 amide bonds. The van der Waals surface area contributed by atoms with Crippen LogP contribution in [0.4, 0.5) is 0 Å². The van der Waals surface area contributed by atoms with Gasteiger partial charge < -0.3 is 11.1 Å². The minimum absolute atomic E-state index is 0.155. The molecule has 0 spiro atoms. The molecule has 1 aliphatic rings. The number of carbonyl (C=O) groups is 1. The molecule has 1 fully saturated rings. The maximum absolute atomic E-state index is 10.9. The van der Waals surface area contributed by atoms with Crippen LogP contribution in [0.3, 0.4) is 0 Å².